The number of fused-ring (bicyclic) bond motifs is 1. The zero-order chi connectivity index (χ0) is 28.5. The van der Waals surface area contributed by atoms with Crippen LogP contribution in [-0.2, 0) is 4.74 Å². The number of aliphatic imine (C=N–C) groups is 1. The first-order chi connectivity index (χ1) is 18.5. The highest BCUT2D eigenvalue weighted by Crippen LogP contribution is 2.56. The van der Waals surface area contributed by atoms with Crippen LogP contribution in [0.3, 0.4) is 0 Å². The molecule has 0 amide bonds. The predicted octanol–water partition coefficient (Wildman–Crippen LogP) is 4.83. The van der Waals surface area contributed by atoms with Crippen LogP contribution in [0, 0.1) is 17.4 Å². The third-order valence-corrected chi connectivity index (χ3v) is 7.38. The van der Waals surface area contributed by atoms with E-state index in [0.29, 0.717) is 69.3 Å². The second-order valence-electron chi connectivity index (χ2n) is 10.7. The van der Waals surface area contributed by atoms with Crippen LogP contribution in [0.4, 0.5) is 0 Å². The fourth-order valence-corrected chi connectivity index (χ4v) is 5.08. The van der Waals surface area contributed by atoms with Crippen LogP contribution in [0.2, 0.25) is 19.6 Å². The second kappa shape index (κ2) is 11.3. The van der Waals surface area contributed by atoms with Gasteiger partial charge in [0, 0.05) is 16.7 Å². The Morgan fingerprint density at radius 2 is 1.62 bits per heavy atom. The maximum Gasteiger partial charge on any atom is 0.231 e. The van der Waals surface area contributed by atoms with Gasteiger partial charge in [0.25, 0.3) is 0 Å². The summed E-state index contributed by atoms with van der Waals surface area (Å²) in [5.41, 5.74) is 5.37. The van der Waals surface area contributed by atoms with Crippen LogP contribution in [0.25, 0.3) is 11.1 Å². The fraction of sp³-hybridized carbons (Fsp3) is 0.483. The number of aliphatic hydroxyl groups is 1. The highest BCUT2D eigenvalue weighted by atomic mass is 28.3. The minimum absolute atomic E-state index is 0.0155. The molecule has 39 heavy (non-hydrogen) atoms. The first-order valence-corrected chi connectivity index (χ1v) is 16.3. The molecular weight excluding hydrogens is 518 g/mol. The van der Waals surface area contributed by atoms with Gasteiger partial charge in [0.15, 0.2) is 23.0 Å². The average Bonchev–Trinajstić information content (AvgIpc) is 3.59. The summed E-state index contributed by atoms with van der Waals surface area (Å²) in [6, 6.07) is 3.52. The maximum atomic E-state index is 11.5. The first-order valence-electron chi connectivity index (χ1n) is 12.8. The van der Waals surface area contributed by atoms with Gasteiger partial charge in [-0.3, -0.25) is 0 Å². The van der Waals surface area contributed by atoms with Crippen molar-refractivity contribution < 1.29 is 38.3 Å². The molecule has 0 radical (unpaired) electrons. The van der Waals surface area contributed by atoms with Crippen molar-refractivity contribution in [3.63, 3.8) is 0 Å². The normalized spacial score (nSPS) is 16.7. The molecule has 0 spiro atoms. The Morgan fingerprint density at radius 3 is 2.18 bits per heavy atom. The topological polar surface area (TPSA) is 97.2 Å². The van der Waals surface area contributed by atoms with E-state index < -0.39 is 14.2 Å². The number of rotatable bonds is 8. The van der Waals surface area contributed by atoms with Crippen LogP contribution < -0.4 is 28.4 Å². The molecule has 0 saturated carbocycles. The lowest BCUT2D eigenvalue weighted by Gasteiger charge is -2.24. The van der Waals surface area contributed by atoms with Gasteiger partial charge in [0.2, 0.25) is 24.2 Å². The monoisotopic (exact) mass is 555 g/mol. The number of hydrogen-bond acceptors (Lipinski definition) is 9. The Bertz CT molecular complexity index is 1340. The van der Waals surface area contributed by atoms with Crippen LogP contribution >= 0.6 is 0 Å². The fourth-order valence-electron chi connectivity index (χ4n) is 4.51. The lowest BCUT2D eigenvalue weighted by atomic mass is 9.89. The van der Waals surface area contributed by atoms with Gasteiger partial charge in [-0.25, -0.2) is 4.99 Å². The Kier molecular flexibility index (Phi) is 8.23. The summed E-state index contributed by atoms with van der Waals surface area (Å²) >= 11 is 0. The maximum absolute atomic E-state index is 11.5. The molecule has 0 bridgehead atoms. The Labute approximate surface area is 231 Å². The van der Waals surface area contributed by atoms with Gasteiger partial charge in [0.05, 0.1) is 40.0 Å². The van der Waals surface area contributed by atoms with E-state index in [1.165, 1.54) is 14.2 Å². The second-order valence-corrected chi connectivity index (χ2v) is 15.4. The number of aliphatic hydroxyl groups excluding tert-OH is 1. The molecule has 2 aliphatic heterocycles. The van der Waals surface area contributed by atoms with E-state index in [1.807, 2.05) is 0 Å². The molecule has 0 unspecified atom stereocenters. The molecule has 2 atom stereocenters. The van der Waals surface area contributed by atoms with Crippen LogP contribution in [0.1, 0.15) is 31.1 Å². The van der Waals surface area contributed by atoms with Crippen LogP contribution in [0.5, 0.6) is 34.5 Å². The molecular formula is C29H37NO8Si. The van der Waals surface area contributed by atoms with Gasteiger partial charge in [-0.05, 0) is 18.1 Å². The standard InChI is InChI=1S/C29H37NO8Si/c1-16(2)19-14-36-29(30-19)18-13-21(32-3)25(33-4)27(34-5)24(18)23-17(20(31)10-11-39(7,8)9)12-22-26(28(23)35-6)38-15-37-22/h12-13,16,19-20,31H,14-15H2,1-9H3/t19-,20-/m1/s1. The highest BCUT2D eigenvalue weighted by Gasteiger charge is 2.36. The molecule has 2 aromatic rings. The van der Waals surface area contributed by atoms with Crippen molar-refractivity contribution in [2.45, 2.75) is 45.6 Å². The zero-order valence-corrected chi connectivity index (χ0v) is 25.1. The number of ether oxygens (including phenoxy) is 7. The molecule has 0 aliphatic carbocycles. The molecule has 2 aromatic carbocycles. The number of methoxy groups -OCH3 is 4. The van der Waals surface area contributed by atoms with Crippen molar-refractivity contribution in [1.29, 1.82) is 0 Å². The van der Waals surface area contributed by atoms with Crippen LogP contribution in [0.15, 0.2) is 17.1 Å². The van der Waals surface area contributed by atoms with Gasteiger partial charge in [-0.1, -0.05) is 39.4 Å². The summed E-state index contributed by atoms with van der Waals surface area (Å²) in [6.45, 7) is 11.0. The average molecular weight is 556 g/mol. The minimum Gasteiger partial charge on any atom is -0.493 e. The molecule has 2 heterocycles. The molecule has 9 nitrogen and oxygen atoms in total. The SMILES string of the molecule is COc1cc(C2=N[C@@H](C(C)C)CO2)c(-c2c([C@H](O)C#C[Si](C)(C)C)cc3c(c2OC)OCO3)c(OC)c1OC. The van der Waals surface area contributed by atoms with Crippen molar-refractivity contribution in [2.75, 3.05) is 41.8 Å². The Morgan fingerprint density at radius 1 is 0.923 bits per heavy atom. The van der Waals surface area contributed by atoms with Crippen molar-refractivity contribution in [3.8, 4) is 57.1 Å². The number of hydrogen-bond donors (Lipinski definition) is 1. The molecule has 2 aliphatic rings. The highest BCUT2D eigenvalue weighted by molar-refractivity contribution is 6.83. The van der Waals surface area contributed by atoms with E-state index in [0.717, 1.165) is 0 Å². The van der Waals surface area contributed by atoms with Crippen LogP contribution in [-0.4, -0.2) is 67.0 Å². The van der Waals surface area contributed by atoms with Crippen molar-refractivity contribution in [1.82, 2.24) is 0 Å². The van der Waals surface area contributed by atoms with Crippen molar-refractivity contribution >= 4 is 14.0 Å². The van der Waals surface area contributed by atoms with Gasteiger partial charge >= 0.3 is 0 Å². The number of nitrogens with zero attached hydrogens (tertiary/aromatic N) is 1. The summed E-state index contributed by atoms with van der Waals surface area (Å²) < 4.78 is 40.9. The summed E-state index contributed by atoms with van der Waals surface area (Å²) in [5.74, 6) is 6.15. The van der Waals surface area contributed by atoms with E-state index in [-0.39, 0.29) is 18.8 Å². The van der Waals surface area contributed by atoms with Gasteiger partial charge in [0.1, 0.15) is 20.8 Å². The van der Waals surface area contributed by atoms with Crippen molar-refractivity contribution in [3.05, 3.63) is 23.3 Å². The van der Waals surface area contributed by atoms with Gasteiger partial charge < -0.3 is 38.3 Å². The zero-order valence-electron chi connectivity index (χ0n) is 24.1. The summed E-state index contributed by atoms with van der Waals surface area (Å²) in [4.78, 5) is 4.88. The van der Waals surface area contributed by atoms with E-state index in [1.54, 1.807) is 26.4 Å². The number of benzene rings is 2. The summed E-state index contributed by atoms with van der Waals surface area (Å²) in [6.07, 6.45) is -1.16. The lowest BCUT2D eigenvalue weighted by Crippen LogP contribution is -2.17. The van der Waals surface area contributed by atoms with E-state index in [2.05, 4.69) is 45.0 Å². The minimum atomic E-state index is -1.80. The van der Waals surface area contributed by atoms with E-state index >= 15 is 0 Å². The summed E-state index contributed by atoms with van der Waals surface area (Å²) in [5, 5.41) is 11.5. The first kappa shape index (κ1) is 28.5. The van der Waals surface area contributed by atoms with E-state index in [4.69, 9.17) is 38.2 Å². The molecule has 0 fully saturated rings. The lowest BCUT2D eigenvalue weighted by molar-refractivity contribution is 0.171. The molecule has 1 N–H and O–H groups in total. The third kappa shape index (κ3) is 5.47. The molecule has 0 saturated heterocycles. The molecule has 210 valence electrons. The van der Waals surface area contributed by atoms with Crippen molar-refractivity contribution in [2.24, 2.45) is 10.9 Å². The largest absolute Gasteiger partial charge is 0.493 e. The smallest absolute Gasteiger partial charge is 0.231 e. The Balaban J connectivity index is 2.13. The van der Waals surface area contributed by atoms with Gasteiger partial charge in [-0.15, -0.1) is 5.54 Å². The van der Waals surface area contributed by atoms with Gasteiger partial charge in [-0.2, -0.15) is 0 Å². The molecule has 10 heteroatoms. The summed E-state index contributed by atoms with van der Waals surface area (Å²) in [7, 11) is 4.37. The Hall–Kier alpha value is -3.55. The third-order valence-electron chi connectivity index (χ3n) is 6.49. The van der Waals surface area contributed by atoms with E-state index in [9.17, 15) is 5.11 Å². The molecule has 0 aromatic heterocycles. The predicted molar refractivity (Wildman–Crippen MR) is 151 cm³/mol. The quantitative estimate of drug-likeness (QED) is 0.365. The molecule has 4 rings (SSSR count).